The average Bonchev–Trinajstić information content (AvgIpc) is 3.32. The number of hydrogen-bond donors (Lipinski definition) is 1. The van der Waals surface area contributed by atoms with Crippen molar-refractivity contribution in [3.63, 3.8) is 0 Å². The zero-order valence-electron chi connectivity index (χ0n) is 18.3. The smallest absolute Gasteiger partial charge is 0.258 e. The second-order valence-corrected chi connectivity index (χ2v) is 8.16. The summed E-state index contributed by atoms with van der Waals surface area (Å²) < 4.78 is 9.88. The SMILES string of the molecule is Cc1cc2cc(n1)-c1cnn(C)c1OCCCCCCn1c(nc3ccccc31)NC2=O. The van der Waals surface area contributed by atoms with Crippen LogP contribution < -0.4 is 10.1 Å². The topological polar surface area (TPSA) is 86.9 Å². The summed E-state index contributed by atoms with van der Waals surface area (Å²) in [4.78, 5) is 22.6. The third kappa shape index (κ3) is 3.84. The summed E-state index contributed by atoms with van der Waals surface area (Å²) in [6, 6.07) is 11.5. The summed E-state index contributed by atoms with van der Waals surface area (Å²) in [6.45, 7) is 3.29. The fraction of sp³-hybridized carbons (Fsp3) is 0.333. The number of amides is 1. The quantitative estimate of drug-likeness (QED) is 0.448. The van der Waals surface area contributed by atoms with E-state index < -0.39 is 0 Å². The number of nitrogens with zero attached hydrogens (tertiary/aromatic N) is 5. The number of carbonyl (C=O) groups is 1. The molecule has 32 heavy (non-hydrogen) atoms. The van der Waals surface area contributed by atoms with Gasteiger partial charge in [-0.05, 0) is 50.5 Å². The van der Waals surface area contributed by atoms with Crippen molar-refractivity contribution in [2.45, 2.75) is 39.2 Å². The fourth-order valence-corrected chi connectivity index (χ4v) is 4.18. The molecule has 2 bridgehead atoms. The maximum atomic E-state index is 13.2. The standard InChI is InChI=1S/C24H26N6O2/c1-16-13-17-14-20(26-16)18-15-25-29(2)23(18)32-12-8-4-3-7-11-30-21-10-6-5-9-19(21)27-24(30)28-22(17)31/h5-6,9-10,13-15H,3-4,7-8,11-12H2,1-2H3,(H,27,28,31). The van der Waals surface area contributed by atoms with E-state index in [0.717, 1.165) is 54.5 Å². The van der Waals surface area contributed by atoms with Gasteiger partial charge in [0.1, 0.15) is 0 Å². The Morgan fingerprint density at radius 2 is 1.91 bits per heavy atom. The van der Waals surface area contributed by atoms with Crippen molar-refractivity contribution in [3.8, 4) is 17.1 Å². The molecule has 4 aromatic rings. The molecule has 0 saturated heterocycles. The maximum Gasteiger partial charge on any atom is 0.258 e. The third-order valence-corrected chi connectivity index (χ3v) is 5.77. The van der Waals surface area contributed by atoms with Crippen LogP contribution in [0.5, 0.6) is 5.88 Å². The number of ether oxygens (including phenoxy) is 1. The molecule has 1 N–H and O–H groups in total. The molecule has 0 unspecified atom stereocenters. The number of imidazole rings is 1. The number of aryl methyl sites for hydroxylation is 3. The first-order valence-corrected chi connectivity index (χ1v) is 11.0. The van der Waals surface area contributed by atoms with Gasteiger partial charge in [-0.2, -0.15) is 5.10 Å². The van der Waals surface area contributed by atoms with Crippen LogP contribution in [0, 0.1) is 6.92 Å². The summed E-state index contributed by atoms with van der Waals surface area (Å²) in [7, 11) is 1.85. The molecule has 4 heterocycles. The normalized spacial score (nSPS) is 15.0. The third-order valence-electron chi connectivity index (χ3n) is 5.77. The number of nitrogens with one attached hydrogen (secondary N) is 1. The lowest BCUT2D eigenvalue weighted by Gasteiger charge is -2.13. The molecule has 164 valence electrons. The van der Waals surface area contributed by atoms with Crippen molar-refractivity contribution >= 4 is 22.9 Å². The second kappa shape index (κ2) is 8.45. The molecule has 1 aliphatic rings. The first-order valence-electron chi connectivity index (χ1n) is 11.0. The van der Waals surface area contributed by atoms with Gasteiger partial charge >= 0.3 is 0 Å². The molecule has 3 aromatic heterocycles. The summed E-state index contributed by atoms with van der Waals surface area (Å²) in [5.74, 6) is 1.03. The molecule has 8 heteroatoms. The van der Waals surface area contributed by atoms with Crippen LogP contribution in [0.25, 0.3) is 22.3 Å². The van der Waals surface area contributed by atoms with Crippen LogP contribution in [0.1, 0.15) is 41.7 Å². The van der Waals surface area contributed by atoms with E-state index in [1.807, 2.05) is 38.2 Å². The number of fused-ring (bicyclic) bond motifs is 7. The average molecular weight is 431 g/mol. The predicted molar refractivity (Wildman–Crippen MR) is 123 cm³/mol. The monoisotopic (exact) mass is 430 g/mol. The maximum absolute atomic E-state index is 13.2. The van der Waals surface area contributed by atoms with Crippen LogP contribution in [0.3, 0.4) is 0 Å². The van der Waals surface area contributed by atoms with E-state index in [2.05, 4.69) is 20.0 Å². The van der Waals surface area contributed by atoms with Crippen LogP contribution in [-0.2, 0) is 13.6 Å². The van der Waals surface area contributed by atoms with Gasteiger partial charge in [0, 0.05) is 24.8 Å². The Balaban J connectivity index is 1.58. The van der Waals surface area contributed by atoms with Crippen molar-refractivity contribution in [1.29, 1.82) is 0 Å². The number of carbonyl (C=O) groups excluding carboxylic acids is 1. The van der Waals surface area contributed by atoms with Crippen LogP contribution in [0.2, 0.25) is 0 Å². The number of para-hydroxylation sites is 2. The van der Waals surface area contributed by atoms with Gasteiger partial charge in [-0.15, -0.1) is 0 Å². The van der Waals surface area contributed by atoms with E-state index in [1.165, 1.54) is 0 Å². The highest BCUT2D eigenvalue weighted by Gasteiger charge is 2.19. The van der Waals surface area contributed by atoms with Gasteiger partial charge in [-0.3, -0.25) is 15.1 Å². The minimum absolute atomic E-state index is 0.216. The van der Waals surface area contributed by atoms with Crippen molar-refractivity contribution in [3.05, 3.63) is 53.9 Å². The first-order chi connectivity index (χ1) is 15.6. The molecule has 1 amide bonds. The highest BCUT2D eigenvalue weighted by Crippen LogP contribution is 2.30. The molecular formula is C24H26N6O2. The van der Waals surface area contributed by atoms with Gasteiger partial charge in [-0.25, -0.2) is 9.67 Å². The predicted octanol–water partition coefficient (Wildman–Crippen LogP) is 4.35. The zero-order chi connectivity index (χ0) is 22.1. The van der Waals surface area contributed by atoms with Gasteiger partial charge < -0.3 is 9.30 Å². The first kappa shape index (κ1) is 20.2. The van der Waals surface area contributed by atoms with Crippen molar-refractivity contribution in [2.24, 2.45) is 7.05 Å². The number of anilines is 1. The highest BCUT2D eigenvalue weighted by atomic mass is 16.5. The minimum atomic E-state index is -0.216. The van der Waals surface area contributed by atoms with Gasteiger partial charge in [0.2, 0.25) is 11.8 Å². The van der Waals surface area contributed by atoms with Crippen molar-refractivity contribution in [2.75, 3.05) is 11.9 Å². The van der Waals surface area contributed by atoms with E-state index in [-0.39, 0.29) is 5.91 Å². The lowest BCUT2D eigenvalue weighted by molar-refractivity contribution is 0.102. The number of hydrogen-bond acceptors (Lipinski definition) is 5. The van der Waals surface area contributed by atoms with E-state index in [1.54, 1.807) is 23.0 Å². The Bertz CT molecular complexity index is 1290. The number of rotatable bonds is 0. The molecule has 5 rings (SSSR count). The highest BCUT2D eigenvalue weighted by molar-refractivity contribution is 6.04. The van der Waals surface area contributed by atoms with E-state index in [0.29, 0.717) is 29.7 Å². The number of benzene rings is 1. The minimum Gasteiger partial charge on any atom is -0.477 e. The van der Waals surface area contributed by atoms with Crippen LogP contribution in [0.4, 0.5) is 5.95 Å². The molecule has 1 aliphatic heterocycles. The van der Waals surface area contributed by atoms with Crippen molar-refractivity contribution in [1.82, 2.24) is 24.3 Å². The molecule has 0 saturated carbocycles. The van der Waals surface area contributed by atoms with Crippen molar-refractivity contribution < 1.29 is 9.53 Å². The largest absolute Gasteiger partial charge is 0.477 e. The van der Waals surface area contributed by atoms with Crippen LogP contribution in [-0.4, -0.2) is 36.8 Å². The van der Waals surface area contributed by atoms with Gasteiger partial charge in [0.15, 0.2) is 0 Å². The Morgan fingerprint density at radius 1 is 1.06 bits per heavy atom. The summed E-state index contributed by atoms with van der Waals surface area (Å²) >= 11 is 0. The summed E-state index contributed by atoms with van der Waals surface area (Å²) in [6.07, 6.45) is 5.83. The molecule has 0 spiro atoms. The lowest BCUT2D eigenvalue weighted by atomic mass is 10.1. The molecule has 0 atom stereocenters. The van der Waals surface area contributed by atoms with E-state index >= 15 is 0 Å². The van der Waals surface area contributed by atoms with E-state index in [9.17, 15) is 4.79 Å². The molecule has 8 nitrogen and oxygen atoms in total. The summed E-state index contributed by atoms with van der Waals surface area (Å²) in [5, 5.41) is 7.38. The molecule has 0 aliphatic carbocycles. The summed E-state index contributed by atoms with van der Waals surface area (Å²) in [5.41, 5.74) is 4.62. The fourth-order valence-electron chi connectivity index (χ4n) is 4.18. The molecule has 1 aromatic carbocycles. The Hall–Kier alpha value is -3.68. The Morgan fingerprint density at radius 3 is 2.81 bits per heavy atom. The van der Waals surface area contributed by atoms with Crippen LogP contribution >= 0.6 is 0 Å². The molecule has 0 fully saturated rings. The number of pyridine rings is 1. The Kier molecular flexibility index (Phi) is 5.34. The second-order valence-electron chi connectivity index (χ2n) is 8.16. The lowest BCUT2D eigenvalue weighted by Crippen LogP contribution is -2.17. The molecular weight excluding hydrogens is 404 g/mol. The van der Waals surface area contributed by atoms with Gasteiger partial charge in [0.25, 0.3) is 5.91 Å². The molecule has 0 radical (unpaired) electrons. The van der Waals surface area contributed by atoms with Gasteiger partial charge in [0.05, 0.1) is 35.1 Å². The number of aromatic nitrogens is 5. The van der Waals surface area contributed by atoms with Gasteiger partial charge in [-0.1, -0.05) is 18.6 Å². The van der Waals surface area contributed by atoms with Crippen LogP contribution in [0.15, 0.2) is 42.6 Å². The zero-order valence-corrected chi connectivity index (χ0v) is 18.3. The Labute approximate surface area is 186 Å². The van der Waals surface area contributed by atoms with E-state index in [4.69, 9.17) is 9.72 Å².